The first-order valence-corrected chi connectivity index (χ1v) is 3.76. The average molecular weight is 154 g/mol. The Morgan fingerprint density at radius 2 is 2.18 bits per heavy atom. The maximum absolute atomic E-state index is 11.1. The van der Waals surface area contributed by atoms with Crippen molar-refractivity contribution in [3.05, 3.63) is 0 Å². The quantitative estimate of drug-likeness (QED) is 0.454. The summed E-state index contributed by atoms with van der Waals surface area (Å²) in [4.78, 5) is 11.1. The normalized spacial score (nSPS) is 12.3. The fourth-order valence-electron chi connectivity index (χ4n) is 0.765. The van der Waals surface area contributed by atoms with Crippen LogP contribution in [0.2, 0.25) is 0 Å². The second-order valence-electron chi connectivity index (χ2n) is 2.64. The largest absolute Gasteiger partial charge is 0.465 e. The van der Waals surface area contributed by atoms with Crippen LogP contribution in [0.15, 0.2) is 0 Å². The van der Waals surface area contributed by atoms with Crippen LogP contribution in [-0.4, -0.2) is 12.6 Å². The van der Waals surface area contributed by atoms with Crippen LogP contribution >= 0.6 is 0 Å². The Bertz CT molecular complexity index is 165. The first kappa shape index (κ1) is 10.0. The van der Waals surface area contributed by atoms with Gasteiger partial charge in [0.05, 0.1) is 6.61 Å². The van der Waals surface area contributed by atoms with Crippen LogP contribution in [0, 0.1) is 24.2 Å². The molecule has 0 aliphatic heterocycles. The topological polar surface area (TPSA) is 26.3 Å². The van der Waals surface area contributed by atoms with Gasteiger partial charge in [-0.05, 0) is 12.8 Å². The third kappa shape index (κ3) is 3.08. The molecule has 0 bridgehead atoms. The lowest BCUT2D eigenvalue weighted by molar-refractivity contribution is -0.147. The SMILES string of the molecule is C#CC(C(=O)OCC)C(C)C. The average Bonchev–Trinajstić information content (AvgIpc) is 1.88. The van der Waals surface area contributed by atoms with Crippen molar-refractivity contribution in [2.75, 3.05) is 6.61 Å². The third-order valence-corrected chi connectivity index (χ3v) is 1.39. The van der Waals surface area contributed by atoms with Gasteiger partial charge in [0.15, 0.2) is 0 Å². The lowest BCUT2D eigenvalue weighted by Gasteiger charge is -2.12. The van der Waals surface area contributed by atoms with E-state index in [0.717, 1.165) is 0 Å². The number of ether oxygens (including phenoxy) is 1. The van der Waals surface area contributed by atoms with Crippen molar-refractivity contribution in [3.8, 4) is 12.3 Å². The molecule has 0 aliphatic rings. The van der Waals surface area contributed by atoms with Gasteiger partial charge in [0.1, 0.15) is 5.92 Å². The van der Waals surface area contributed by atoms with Crippen molar-refractivity contribution in [2.24, 2.45) is 11.8 Å². The van der Waals surface area contributed by atoms with Crippen LogP contribution in [0.4, 0.5) is 0 Å². The minimum absolute atomic E-state index is 0.152. The molecular weight excluding hydrogens is 140 g/mol. The van der Waals surface area contributed by atoms with Crippen molar-refractivity contribution in [2.45, 2.75) is 20.8 Å². The molecule has 2 nitrogen and oxygen atoms in total. The fourth-order valence-corrected chi connectivity index (χ4v) is 0.765. The summed E-state index contributed by atoms with van der Waals surface area (Å²) >= 11 is 0. The summed E-state index contributed by atoms with van der Waals surface area (Å²) in [6, 6.07) is 0. The number of rotatable bonds is 3. The van der Waals surface area contributed by atoms with Gasteiger partial charge in [0, 0.05) is 0 Å². The number of hydrogen-bond acceptors (Lipinski definition) is 2. The number of carbonyl (C=O) groups is 1. The Morgan fingerprint density at radius 1 is 1.64 bits per heavy atom. The molecule has 62 valence electrons. The molecule has 0 aromatic rings. The summed E-state index contributed by atoms with van der Waals surface area (Å²) < 4.78 is 4.77. The zero-order valence-corrected chi connectivity index (χ0v) is 7.26. The van der Waals surface area contributed by atoms with Gasteiger partial charge < -0.3 is 4.74 Å². The highest BCUT2D eigenvalue weighted by Gasteiger charge is 2.20. The highest BCUT2D eigenvalue weighted by Crippen LogP contribution is 2.10. The molecule has 2 heteroatoms. The van der Waals surface area contributed by atoms with Gasteiger partial charge in [-0.1, -0.05) is 19.8 Å². The van der Waals surface area contributed by atoms with Gasteiger partial charge >= 0.3 is 5.97 Å². The molecule has 0 aromatic heterocycles. The molecule has 0 saturated heterocycles. The maximum Gasteiger partial charge on any atom is 0.321 e. The van der Waals surface area contributed by atoms with E-state index >= 15 is 0 Å². The second-order valence-corrected chi connectivity index (χ2v) is 2.64. The van der Waals surface area contributed by atoms with Crippen LogP contribution in [0.25, 0.3) is 0 Å². The molecule has 0 heterocycles. The number of carbonyl (C=O) groups excluding carboxylic acids is 1. The van der Waals surface area contributed by atoms with E-state index in [0.29, 0.717) is 6.61 Å². The number of hydrogen-bond donors (Lipinski definition) is 0. The van der Waals surface area contributed by atoms with Gasteiger partial charge in [-0.25, -0.2) is 0 Å². The van der Waals surface area contributed by atoms with Gasteiger partial charge in [-0.3, -0.25) is 4.79 Å². The number of terminal acetylenes is 1. The Kier molecular flexibility index (Phi) is 4.36. The Morgan fingerprint density at radius 3 is 2.45 bits per heavy atom. The Hall–Kier alpha value is -0.970. The van der Waals surface area contributed by atoms with Crippen LogP contribution in [-0.2, 0) is 9.53 Å². The lowest BCUT2D eigenvalue weighted by Crippen LogP contribution is -2.20. The van der Waals surface area contributed by atoms with Crippen molar-refractivity contribution >= 4 is 5.97 Å². The number of esters is 1. The van der Waals surface area contributed by atoms with E-state index in [1.165, 1.54) is 0 Å². The van der Waals surface area contributed by atoms with E-state index in [1.807, 2.05) is 13.8 Å². The minimum atomic E-state index is -0.394. The van der Waals surface area contributed by atoms with Gasteiger partial charge in [0.2, 0.25) is 0 Å². The molecule has 0 N–H and O–H groups in total. The fraction of sp³-hybridized carbons (Fsp3) is 0.667. The summed E-state index contributed by atoms with van der Waals surface area (Å²) in [5, 5.41) is 0. The highest BCUT2D eigenvalue weighted by atomic mass is 16.5. The third-order valence-electron chi connectivity index (χ3n) is 1.39. The van der Waals surface area contributed by atoms with E-state index in [4.69, 9.17) is 11.2 Å². The second kappa shape index (κ2) is 4.79. The maximum atomic E-state index is 11.1. The van der Waals surface area contributed by atoms with Crippen molar-refractivity contribution in [3.63, 3.8) is 0 Å². The van der Waals surface area contributed by atoms with E-state index in [9.17, 15) is 4.79 Å². The first-order valence-electron chi connectivity index (χ1n) is 3.76. The van der Waals surface area contributed by atoms with Gasteiger partial charge in [-0.2, -0.15) is 0 Å². The molecule has 0 saturated carbocycles. The van der Waals surface area contributed by atoms with Crippen LogP contribution in [0.1, 0.15) is 20.8 Å². The zero-order valence-electron chi connectivity index (χ0n) is 7.26. The van der Waals surface area contributed by atoms with E-state index < -0.39 is 5.92 Å². The summed E-state index contributed by atoms with van der Waals surface area (Å²) in [7, 11) is 0. The molecule has 0 aromatic carbocycles. The molecule has 1 unspecified atom stereocenters. The summed E-state index contributed by atoms with van der Waals surface area (Å²) in [6.45, 7) is 5.97. The monoisotopic (exact) mass is 154 g/mol. The van der Waals surface area contributed by atoms with Crippen molar-refractivity contribution in [1.82, 2.24) is 0 Å². The lowest BCUT2D eigenvalue weighted by atomic mass is 9.97. The minimum Gasteiger partial charge on any atom is -0.465 e. The van der Waals surface area contributed by atoms with Crippen LogP contribution in [0.3, 0.4) is 0 Å². The first-order chi connectivity index (χ1) is 5.13. The molecule has 11 heavy (non-hydrogen) atoms. The van der Waals surface area contributed by atoms with Crippen molar-refractivity contribution in [1.29, 1.82) is 0 Å². The van der Waals surface area contributed by atoms with Crippen LogP contribution in [0.5, 0.6) is 0 Å². The molecular formula is C9H14O2. The molecule has 1 atom stereocenters. The smallest absolute Gasteiger partial charge is 0.321 e. The van der Waals surface area contributed by atoms with Gasteiger partial charge in [0.25, 0.3) is 0 Å². The zero-order chi connectivity index (χ0) is 8.85. The van der Waals surface area contributed by atoms with E-state index in [1.54, 1.807) is 6.92 Å². The molecule has 0 amide bonds. The molecule has 0 fully saturated rings. The Balaban J connectivity index is 4.06. The molecule has 0 spiro atoms. The summed E-state index contributed by atoms with van der Waals surface area (Å²) in [5.41, 5.74) is 0. The standard InChI is InChI=1S/C9H14O2/c1-5-8(7(3)4)9(10)11-6-2/h1,7-8H,6H2,2-4H3. The summed E-state index contributed by atoms with van der Waals surface area (Å²) in [6.07, 6.45) is 5.15. The predicted molar refractivity (Wildman–Crippen MR) is 43.8 cm³/mol. The van der Waals surface area contributed by atoms with Crippen LogP contribution < -0.4 is 0 Å². The van der Waals surface area contributed by atoms with E-state index in [-0.39, 0.29) is 11.9 Å². The summed E-state index contributed by atoms with van der Waals surface area (Å²) in [5.74, 6) is 1.88. The van der Waals surface area contributed by atoms with Crippen molar-refractivity contribution < 1.29 is 9.53 Å². The highest BCUT2D eigenvalue weighted by molar-refractivity contribution is 5.75. The van der Waals surface area contributed by atoms with Gasteiger partial charge in [-0.15, -0.1) is 6.42 Å². The molecule has 0 aliphatic carbocycles. The Labute approximate surface area is 67.9 Å². The molecule has 0 rings (SSSR count). The molecule has 0 radical (unpaired) electrons. The van der Waals surface area contributed by atoms with E-state index in [2.05, 4.69) is 5.92 Å². The predicted octanol–water partition coefficient (Wildman–Crippen LogP) is 1.45.